The second-order valence-corrected chi connectivity index (χ2v) is 10.4. The normalized spacial score (nSPS) is 14.9. The van der Waals surface area contributed by atoms with Crippen LogP contribution in [0.4, 0.5) is 12.0 Å². The van der Waals surface area contributed by atoms with Gasteiger partial charge < -0.3 is 19.5 Å². The number of piperidine rings is 1. The largest absolute Gasteiger partial charge is 0.493 e. The highest BCUT2D eigenvalue weighted by molar-refractivity contribution is 7.91. The molecule has 0 unspecified atom stereocenters. The SMILES string of the molecule is CCNc1nc(N2CCC(COc3ccc(-c4ccc(S(=O)(=O)CC)cc4)cc3)CC2)no1. The minimum absolute atomic E-state index is 0.103. The summed E-state index contributed by atoms with van der Waals surface area (Å²) in [5, 5.41) is 7.08. The van der Waals surface area contributed by atoms with E-state index in [0.29, 0.717) is 29.4 Å². The molecule has 9 heteroatoms. The van der Waals surface area contributed by atoms with E-state index in [2.05, 4.69) is 20.4 Å². The Bertz CT molecular complexity index is 1140. The third-order valence-corrected chi connectivity index (χ3v) is 7.66. The van der Waals surface area contributed by atoms with Crippen molar-refractivity contribution in [2.75, 3.05) is 42.2 Å². The first-order chi connectivity index (χ1) is 16.0. The molecule has 0 amide bonds. The number of ether oxygens (including phenoxy) is 1. The van der Waals surface area contributed by atoms with E-state index in [1.807, 2.05) is 43.3 Å². The van der Waals surface area contributed by atoms with Gasteiger partial charge in [0.1, 0.15) is 5.75 Å². The van der Waals surface area contributed by atoms with Crippen molar-refractivity contribution in [2.24, 2.45) is 5.92 Å². The van der Waals surface area contributed by atoms with Crippen molar-refractivity contribution in [3.8, 4) is 16.9 Å². The first-order valence-corrected chi connectivity index (χ1v) is 13.0. The molecule has 1 N–H and O–H groups in total. The van der Waals surface area contributed by atoms with Crippen LogP contribution in [0.25, 0.3) is 11.1 Å². The molecule has 8 nitrogen and oxygen atoms in total. The molecule has 0 radical (unpaired) electrons. The Labute approximate surface area is 194 Å². The maximum Gasteiger partial charge on any atom is 0.323 e. The van der Waals surface area contributed by atoms with Crippen LogP contribution in [0.15, 0.2) is 57.9 Å². The van der Waals surface area contributed by atoms with Crippen LogP contribution in [-0.2, 0) is 9.84 Å². The zero-order valence-corrected chi connectivity index (χ0v) is 19.8. The second kappa shape index (κ2) is 10.2. The Hall–Kier alpha value is -3.07. The molecule has 3 aromatic rings. The summed E-state index contributed by atoms with van der Waals surface area (Å²) < 4.78 is 35.2. The summed E-state index contributed by atoms with van der Waals surface area (Å²) in [4.78, 5) is 6.88. The highest BCUT2D eigenvalue weighted by atomic mass is 32.2. The Morgan fingerprint density at radius 2 is 1.67 bits per heavy atom. The second-order valence-electron chi connectivity index (χ2n) is 8.12. The van der Waals surface area contributed by atoms with Crippen LogP contribution < -0.4 is 15.0 Å². The minimum atomic E-state index is -3.18. The van der Waals surface area contributed by atoms with Gasteiger partial charge in [-0.15, -0.1) is 0 Å². The van der Waals surface area contributed by atoms with Crippen molar-refractivity contribution < 1.29 is 17.7 Å². The van der Waals surface area contributed by atoms with E-state index in [9.17, 15) is 8.42 Å². The maximum absolute atomic E-state index is 12.0. The predicted molar refractivity (Wildman–Crippen MR) is 128 cm³/mol. The number of benzene rings is 2. The molecule has 0 bridgehead atoms. The van der Waals surface area contributed by atoms with Gasteiger partial charge in [0.15, 0.2) is 9.84 Å². The van der Waals surface area contributed by atoms with Gasteiger partial charge >= 0.3 is 6.01 Å². The molecule has 1 aliphatic heterocycles. The summed E-state index contributed by atoms with van der Waals surface area (Å²) >= 11 is 0. The zero-order chi connectivity index (χ0) is 23.3. The lowest BCUT2D eigenvalue weighted by Crippen LogP contribution is -2.36. The molecule has 2 heterocycles. The molecular weight excluding hydrogens is 440 g/mol. The highest BCUT2D eigenvalue weighted by Crippen LogP contribution is 2.26. The van der Waals surface area contributed by atoms with Gasteiger partial charge in [-0.3, -0.25) is 0 Å². The van der Waals surface area contributed by atoms with Crippen LogP contribution >= 0.6 is 0 Å². The number of aromatic nitrogens is 2. The molecule has 1 fully saturated rings. The Morgan fingerprint density at radius 1 is 1.03 bits per heavy atom. The summed E-state index contributed by atoms with van der Waals surface area (Å²) in [6.45, 7) is 6.81. The molecule has 33 heavy (non-hydrogen) atoms. The van der Waals surface area contributed by atoms with E-state index >= 15 is 0 Å². The lowest BCUT2D eigenvalue weighted by molar-refractivity contribution is 0.222. The topological polar surface area (TPSA) is 97.6 Å². The maximum atomic E-state index is 12.0. The average molecular weight is 471 g/mol. The van der Waals surface area contributed by atoms with Gasteiger partial charge in [0.2, 0.25) is 0 Å². The van der Waals surface area contributed by atoms with E-state index in [-0.39, 0.29) is 5.75 Å². The summed E-state index contributed by atoms with van der Waals surface area (Å²) in [5.41, 5.74) is 2.00. The number of nitrogens with one attached hydrogen (secondary N) is 1. The van der Waals surface area contributed by atoms with Gasteiger partial charge in [-0.05, 0) is 66.2 Å². The summed E-state index contributed by atoms with van der Waals surface area (Å²) in [7, 11) is -3.18. The Morgan fingerprint density at radius 3 is 2.27 bits per heavy atom. The number of hydrogen-bond acceptors (Lipinski definition) is 8. The van der Waals surface area contributed by atoms with E-state index in [1.54, 1.807) is 19.1 Å². The number of sulfone groups is 1. The molecule has 0 aliphatic carbocycles. The lowest BCUT2D eigenvalue weighted by Gasteiger charge is -2.30. The van der Waals surface area contributed by atoms with Crippen molar-refractivity contribution in [3.63, 3.8) is 0 Å². The molecule has 0 spiro atoms. The molecule has 0 saturated carbocycles. The molecule has 4 rings (SSSR count). The molecular formula is C24H30N4O4S. The van der Waals surface area contributed by atoms with Crippen LogP contribution in [0.1, 0.15) is 26.7 Å². The van der Waals surface area contributed by atoms with Gasteiger partial charge in [-0.2, -0.15) is 4.98 Å². The Kier molecular flexibility index (Phi) is 7.17. The van der Waals surface area contributed by atoms with Gasteiger partial charge in [0.05, 0.1) is 17.3 Å². The van der Waals surface area contributed by atoms with Crippen LogP contribution in [0.5, 0.6) is 5.75 Å². The monoisotopic (exact) mass is 470 g/mol. The van der Waals surface area contributed by atoms with Crippen molar-refractivity contribution in [1.29, 1.82) is 0 Å². The van der Waals surface area contributed by atoms with E-state index < -0.39 is 9.84 Å². The van der Waals surface area contributed by atoms with Crippen molar-refractivity contribution in [2.45, 2.75) is 31.6 Å². The first kappa shape index (κ1) is 23.1. The highest BCUT2D eigenvalue weighted by Gasteiger charge is 2.23. The molecule has 176 valence electrons. The Balaban J connectivity index is 1.27. The fourth-order valence-electron chi connectivity index (χ4n) is 3.85. The number of hydrogen-bond donors (Lipinski definition) is 1. The average Bonchev–Trinajstić information content (AvgIpc) is 3.32. The van der Waals surface area contributed by atoms with Crippen molar-refractivity contribution in [1.82, 2.24) is 10.1 Å². The number of rotatable bonds is 9. The first-order valence-electron chi connectivity index (χ1n) is 11.4. The van der Waals surface area contributed by atoms with E-state index in [4.69, 9.17) is 9.26 Å². The predicted octanol–water partition coefficient (Wildman–Crippen LogP) is 4.26. The van der Waals surface area contributed by atoms with Crippen LogP contribution in [0.3, 0.4) is 0 Å². The van der Waals surface area contributed by atoms with Crippen LogP contribution in [-0.4, -0.2) is 50.6 Å². The minimum Gasteiger partial charge on any atom is -0.493 e. The van der Waals surface area contributed by atoms with Crippen molar-refractivity contribution >= 4 is 21.8 Å². The summed E-state index contributed by atoms with van der Waals surface area (Å²) in [6, 6.07) is 15.4. The zero-order valence-electron chi connectivity index (χ0n) is 19.0. The number of nitrogens with zero attached hydrogens (tertiary/aromatic N) is 3. The van der Waals surface area contributed by atoms with Gasteiger partial charge in [-0.25, -0.2) is 8.42 Å². The summed E-state index contributed by atoms with van der Waals surface area (Å²) in [5.74, 6) is 2.06. The van der Waals surface area contributed by atoms with Gasteiger partial charge in [0.25, 0.3) is 5.95 Å². The molecule has 1 aliphatic rings. The number of anilines is 2. The van der Waals surface area contributed by atoms with E-state index in [0.717, 1.165) is 49.4 Å². The van der Waals surface area contributed by atoms with Crippen LogP contribution in [0.2, 0.25) is 0 Å². The fourth-order valence-corrected chi connectivity index (χ4v) is 4.73. The third-order valence-electron chi connectivity index (χ3n) is 5.91. The third kappa shape index (κ3) is 5.65. The van der Waals surface area contributed by atoms with Crippen LogP contribution in [0, 0.1) is 5.92 Å². The van der Waals surface area contributed by atoms with Crippen molar-refractivity contribution in [3.05, 3.63) is 48.5 Å². The lowest BCUT2D eigenvalue weighted by atomic mass is 9.98. The van der Waals surface area contributed by atoms with Gasteiger partial charge in [-0.1, -0.05) is 31.2 Å². The standard InChI is InChI=1S/C24H30N4O4S/c1-3-25-24-26-23(27-32-24)28-15-13-18(14-16-28)17-31-21-9-5-19(6-10-21)20-7-11-22(12-8-20)33(29,30)4-2/h5-12,18H,3-4,13-17H2,1-2H3,(H,25,26,27). The molecule has 0 atom stereocenters. The summed E-state index contributed by atoms with van der Waals surface area (Å²) in [6.07, 6.45) is 2.02. The smallest absolute Gasteiger partial charge is 0.323 e. The molecule has 1 aromatic heterocycles. The quantitative estimate of drug-likeness (QED) is 0.495. The van der Waals surface area contributed by atoms with E-state index in [1.165, 1.54) is 0 Å². The van der Waals surface area contributed by atoms with Gasteiger partial charge in [0, 0.05) is 19.6 Å². The fraction of sp³-hybridized carbons (Fsp3) is 0.417. The molecule has 2 aromatic carbocycles. The molecule has 1 saturated heterocycles.